The zero-order valence-electron chi connectivity index (χ0n) is 15.7. The van der Waals surface area contributed by atoms with E-state index >= 15 is 0 Å². The van der Waals surface area contributed by atoms with Gasteiger partial charge in [0, 0.05) is 11.6 Å². The molecule has 0 radical (unpaired) electrons. The number of aromatic nitrogens is 4. The van der Waals surface area contributed by atoms with Crippen LogP contribution in [-0.4, -0.2) is 39.9 Å². The Balaban J connectivity index is 1.56. The summed E-state index contributed by atoms with van der Waals surface area (Å²) >= 11 is 1.24. The average molecular weight is 407 g/mol. The maximum Gasteiger partial charge on any atom is 0.250 e. The monoisotopic (exact) mass is 407 g/mol. The fraction of sp³-hybridized carbons (Fsp3) is 0.100. The first-order valence-corrected chi connectivity index (χ1v) is 9.48. The molecule has 29 heavy (non-hydrogen) atoms. The van der Waals surface area contributed by atoms with Crippen LogP contribution in [0.25, 0.3) is 22.4 Å². The zero-order chi connectivity index (χ0) is 20.2. The summed E-state index contributed by atoms with van der Waals surface area (Å²) in [6, 6.07) is 15.0. The van der Waals surface area contributed by atoms with E-state index in [2.05, 4.69) is 20.6 Å². The van der Waals surface area contributed by atoms with Gasteiger partial charge in [-0.2, -0.15) is 4.52 Å². The molecule has 0 unspecified atom stereocenters. The van der Waals surface area contributed by atoms with E-state index in [1.165, 1.54) is 17.4 Å². The Morgan fingerprint density at radius 1 is 1.07 bits per heavy atom. The van der Waals surface area contributed by atoms with E-state index in [1.807, 2.05) is 36.4 Å². The van der Waals surface area contributed by atoms with Crippen molar-refractivity contribution in [3.63, 3.8) is 0 Å². The average Bonchev–Trinajstić information content (AvgIpc) is 3.32. The number of anilines is 1. The molecule has 0 aliphatic rings. The van der Waals surface area contributed by atoms with E-state index in [-0.39, 0.29) is 5.91 Å². The van der Waals surface area contributed by atoms with Crippen molar-refractivity contribution in [2.75, 3.05) is 19.5 Å². The number of fused-ring (bicyclic) bond motifs is 1. The number of hydrogen-bond acceptors (Lipinski definition) is 7. The molecule has 4 aromatic rings. The normalized spacial score (nSPS) is 11.1. The topological polar surface area (TPSA) is 90.6 Å². The summed E-state index contributed by atoms with van der Waals surface area (Å²) in [5.74, 6) is 1.47. The molecular weight excluding hydrogens is 390 g/mol. The van der Waals surface area contributed by atoms with Gasteiger partial charge >= 0.3 is 0 Å². The van der Waals surface area contributed by atoms with Gasteiger partial charge in [-0.1, -0.05) is 41.7 Å². The van der Waals surface area contributed by atoms with Crippen molar-refractivity contribution >= 4 is 33.4 Å². The second-order valence-electron chi connectivity index (χ2n) is 5.93. The van der Waals surface area contributed by atoms with Gasteiger partial charge in [-0.3, -0.25) is 10.1 Å². The van der Waals surface area contributed by atoms with Crippen LogP contribution in [0.3, 0.4) is 0 Å². The summed E-state index contributed by atoms with van der Waals surface area (Å²) in [6.45, 7) is 0. The van der Waals surface area contributed by atoms with Gasteiger partial charge in [0.1, 0.15) is 0 Å². The first-order chi connectivity index (χ1) is 14.2. The molecular formula is C20H17N5O3S. The highest BCUT2D eigenvalue weighted by atomic mass is 32.1. The van der Waals surface area contributed by atoms with Crippen LogP contribution in [0.2, 0.25) is 0 Å². The van der Waals surface area contributed by atoms with Crippen molar-refractivity contribution < 1.29 is 14.3 Å². The predicted molar refractivity (Wildman–Crippen MR) is 111 cm³/mol. The molecule has 0 fully saturated rings. The number of methoxy groups -OCH3 is 2. The van der Waals surface area contributed by atoms with Gasteiger partial charge in [0.2, 0.25) is 16.0 Å². The molecule has 0 aliphatic heterocycles. The highest BCUT2D eigenvalue weighted by molar-refractivity contribution is 7.20. The third-order valence-corrected chi connectivity index (χ3v) is 4.90. The number of hydrogen-bond donors (Lipinski definition) is 1. The third-order valence-electron chi connectivity index (χ3n) is 4.09. The molecule has 0 spiro atoms. The minimum Gasteiger partial charge on any atom is -0.493 e. The molecule has 0 saturated carbocycles. The number of carbonyl (C=O) groups is 1. The Labute approximate surface area is 170 Å². The van der Waals surface area contributed by atoms with Gasteiger partial charge in [-0.05, 0) is 29.8 Å². The maximum atomic E-state index is 12.2. The summed E-state index contributed by atoms with van der Waals surface area (Å²) in [7, 11) is 3.15. The van der Waals surface area contributed by atoms with Crippen molar-refractivity contribution in [1.29, 1.82) is 0 Å². The van der Waals surface area contributed by atoms with E-state index in [9.17, 15) is 4.79 Å². The standard InChI is InChI=1S/C20H17N5O3S/c1-27-15-10-9-14(12-16(15)28-2)18-22-23-20-25(18)24-19(29-20)21-17(26)11-8-13-6-4-3-5-7-13/h3-12H,1-2H3,(H,21,24,26)/b11-8+. The van der Waals surface area contributed by atoms with Crippen LogP contribution in [0.4, 0.5) is 5.13 Å². The SMILES string of the molecule is COc1ccc(-c2nnc3sc(NC(=O)/C=C/c4ccccc4)nn23)cc1OC. The highest BCUT2D eigenvalue weighted by Crippen LogP contribution is 2.32. The Morgan fingerprint density at radius 3 is 2.62 bits per heavy atom. The lowest BCUT2D eigenvalue weighted by Gasteiger charge is -2.08. The first-order valence-electron chi connectivity index (χ1n) is 8.66. The zero-order valence-corrected chi connectivity index (χ0v) is 16.5. The predicted octanol–water partition coefficient (Wildman–Crippen LogP) is 3.52. The lowest BCUT2D eigenvalue weighted by atomic mass is 10.2. The van der Waals surface area contributed by atoms with Gasteiger partial charge in [-0.15, -0.1) is 15.3 Å². The molecule has 2 aromatic carbocycles. The van der Waals surface area contributed by atoms with Gasteiger partial charge in [0.15, 0.2) is 17.3 Å². The van der Waals surface area contributed by atoms with E-state index in [1.54, 1.807) is 36.9 Å². The lowest BCUT2D eigenvalue weighted by molar-refractivity contribution is -0.111. The van der Waals surface area contributed by atoms with Crippen LogP contribution in [0.5, 0.6) is 11.5 Å². The molecule has 1 amide bonds. The molecule has 0 bridgehead atoms. The number of amides is 1. The Kier molecular flexibility index (Phi) is 5.21. The molecule has 2 heterocycles. The third kappa shape index (κ3) is 3.94. The molecule has 8 nitrogen and oxygen atoms in total. The molecule has 0 atom stereocenters. The molecule has 4 rings (SSSR count). The van der Waals surface area contributed by atoms with Crippen LogP contribution in [0.1, 0.15) is 5.56 Å². The molecule has 2 aromatic heterocycles. The van der Waals surface area contributed by atoms with Crippen molar-refractivity contribution in [3.05, 3.63) is 60.2 Å². The number of carbonyl (C=O) groups excluding carboxylic acids is 1. The summed E-state index contributed by atoms with van der Waals surface area (Å²) in [5, 5.41) is 15.9. The lowest BCUT2D eigenvalue weighted by Crippen LogP contribution is -2.08. The minimum atomic E-state index is -0.272. The van der Waals surface area contributed by atoms with Crippen molar-refractivity contribution in [3.8, 4) is 22.9 Å². The summed E-state index contributed by atoms with van der Waals surface area (Å²) < 4.78 is 12.2. The van der Waals surface area contributed by atoms with Crippen molar-refractivity contribution in [1.82, 2.24) is 19.8 Å². The first kappa shape index (κ1) is 18.6. The fourth-order valence-electron chi connectivity index (χ4n) is 2.71. The molecule has 0 saturated heterocycles. The van der Waals surface area contributed by atoms with Crippen LogP contribution >= 0.6 is 11.3 Å². The summed E-state index contributed by atoms with van der Waals surface area (Å²) in [4.78, 5) is 12.8. The molecule has 146 valence electrons. The number of ether oxygens (including phenoxy) is 2. The smallest absolute Gasteiger partial charge is 0.250 e. The van der Waals surface area contributed by atoms with E-state index in [0.717, 1.165) is 11.1 Å². The van der Waals surface area contributed by atoms with Gasteiger partial charge in [-0.25, -0.2) is 0 Å². The molecule has 1 N–H and O–H groups in total. The van der Waals surface area contributed by atoms with E-state index in [4.69, 9.17) is 9.47 Å². The summed E-state index contributed by atoms with van der Waals surface area (Å²) in [5.41, 5.74) is 1.71. The van der Waals surface area contributed by atoms with E-state index < -0.39 is 0 Å². The second-order valence-corrected chi connectivity index (χ2v) is 6.88. The minimum absolute atomic E-state index is 0.272. The molecule has 9 heteroatoms. The quantitative estimate of drug-likeness (QED) is 0.492. The Hall–Kier alpha value is -3.72. The van der Waals surface area contributed by atoms with Crippen molar-refractivity contribution in [2.24, 2.45) is 0 Å². The van der Waals surface area contributed by atoms with Crippen LogP contribution in [-0.2, 0) is 4.79 Å². The largest absolute Gasteiger partial charge is 0.493 e. The van der Waals surface area contributed by atoms with Gasteiger partial charge in [0.25, 0.3) is 0 Å². The van der Waals surface area contributed by atoms with Crippen LogP contribution in [0, 0.1) is 0 Å². The van der Waals surface area contributed by atoms with Crippen LogP contribution < -0.4 is 14.8 Å². The van der Waals surface area contributed by atoms with Gasteiger partial charge < -0.3 is 9.47 Å². The summed E-state index contributed by atoms with van der Waals surface area (Å²) in [6.07, 6.45) is 3.21. The Morgan fingerprint density at radius 2 is 1.86 bits per heavy atom. The number of rotatable bonds is 6. The highest BCUT2D eigenvalue weighted by Gasteiger charge is 2.16. The van der Waals surface area contributed by atoms with E-state index in [0.29, 0.717) is 27.4 Å². The number of nitrogens with zero attached hydrogens (tertiary/aromatic N) is 4. The molecule has 0 aliphatic carbocycles. The second kappa shape index (κ2) is 8.11. The fourth-order valence-corrected chi connectivity index (χ4v) is 3.45. The number of nitrogens with one attached hydrogen (secondary N) is 1. The Bertz CT molecular complexity index is 1180. The van der Waals surface area contributed by atoms with Gasteiger partial charge in [0.05, 0.1) is 14.2 Å². The maximum absolute atomic E-state index is 12.2. The van der Waals surface area contributed by atoms with Crippen molar-refractivity contribution in [2.45, 2.75) is 0 Å². The van der Waals surface area contributed by atoms with Crippen LogP contribution in [0.15, 0.2) is 54.6 Å². The number of benzene rings is 2.